The topological polar surface area (TPSA) is 31.6 Å². The zero-order valence-electron chi connectivity index (χ0n) is 23.9. The summed E-state index contributed by atoms with van der Waals surface area (Å²) in [6, 6.07) is 22.9. The van der Waals surface area contributed by atoms with E-state index in [-0.39, 0.29) is 13.3 Å². The Balaban J connectivity index is 1.82. The molecule has 0 aliphatic rings. The van der Waals surface area contributed by atoms with Crippen molar-refractivity contribution in [3.63, 3.8) is 0 Å². The van der Waals surface area contributed by atoms with Gasteiger partial charge in [-0.05, 0) is 69.4 Å². The van der Waals surface area contributed by atoms with Gasteiger partial charge in [0.05, 0.1) is 0 Å². The Morgan fingerprint density at radius 1 is 0.595 bits per heavy atom. The lowest BCUT2D eigenvalue weighted by atomic mass is 9.77. The molecule has 0 radical (unpaired) electrons. The summed E-state index contributed by atoms with van der Waals surface area (Å²) in [5.74, 6) is 0. The fourth-order valence-electron chi connectivity index (χ4n) is 5.46. The van der Waals surface area contributed by atoms with Crippen molar-refractivity contribution in [2.75, 3.05) is 0 Å². The summed E-state index contributed by atoms with van der Waals surface area (Å²) >= 11 is 0. The van der Waals surface area contributed by atoms with Crippen molar-refractivity contribution in [3.8, 4) is 0 Å². The van der Waals surface area contributed by atoms with Gasteiger partial charge >= 0.3 is 0 Å². The van der Waals surface area contributed by atoms with Crippen molar-refractivity contribution in [2.45, 2.75) is 83.4 Å². The minimum absolute atomic E-state index is 0.0573. The first-order chi connectivity index (χ1) is 17.4. The Labute approximate surface area is 227 Å². The summed E-state index contributed by atoms with van der Waals surface area (Å²) in [5.41, 5.74) is 5.74. The molecule has 37 heavy (non-hydrogen) atoms. The number of hydrogen-bond acceptors (Lipinski definition) is 0. The number of benzene rings is 2. The maximum Gasteiger partial charge on any atom is 0.0146 e. The van der Waals surface area contributed by atoms with Crippen LogP contribution in [0.2, 0.25) is 0 Å². The molecule has 2 N–H and O–H groups in total. The molecule has 0 fully saturated rings. The minimum Gasteiger partial charge on any atom is -0.367 e. The van der Waals surface area contributed by atoms with Crippen LogP contribution in [0.15, 0.2) is 85.5 Å². The lowest BCUT2D eigenvalue weighted by molar-refractivity contribution is 0.639. The van der Waals surface area contributed by atoms with Gasteiger partial charge in [0, 0.05) is 36.4 Å². The molecule has 196 valence electrons. The lowest BCUT2D eigenvalue weighted by Gasteiger charge is -2.42. The van der Waals surface area contributed by atoms with E-state index in [2.05, 4.69) is 151 Å². The van der Waals surface area contributed by atoms with E-state index in [0.29, 0.717) is 10.3 Å². The van der Waals surface area contributed by atoms with Gasteiger partial charge in [-0.2, -0.15) is 0 Å². The molecule has 0 aliphatic heterocycles. The Hall–Kier alpha value is -2.14. The second-order valence-electron chi connectivity index (χ2n) is 12.6. The molecule has 0 bridgehead atoms. The molecule has 2 heterocycles. The normalized spacial score (nSPS) is 13.0. The molecule has 0 amide bonds. The Morgan fingerprint density at radius 3 is 1.65 bits per heavy atom. The van der Waals surface area contributed by atoms with Crippen molar-refractivity contribution in [3.05, 3.63) is 108 Å². The Morgan fingerprint density at radius 2 is 1.16 bits per heavy atom. The minimum atomic E-state index is -0.508. The molecule has 0 aliphatic carbocycles. The van der Waals surface area contributed by atoms with Crippen molar-refractivity contribution in [2.24, 2.45) is 0 Å². The number of H-pyrrole nitrogens is 2. The van der Waals surface area contributed by atoms with Crippen LogP contribution in [0.5, 0.6) is 0 Å². The lowest BCUT2D eigenvalue weighted by Crippen LogP contribution is -2.26. The van der Waals surface area contributed by atoms with Gasteiger partial charge in [0.15, 0.2) is 0 Å². The van der Waals surface area contributed by atoms with Crippen LogP contribution in [0, 0.1) is 0 Å². The fraction of sp³-hybridized carbons (Fsp3) is 0.394. The summed E-state index contributed by atoms with van der Waals surface area (Å²) in [6.45, 7) is 19.3. The summed E-state index contributed by atoms with van der Waals surface area (Å²) in [4.78, 5) is 6.62. The number of nitrogens with one attached hydrogen (secondary N) is 2. The SMILES string of the molecule is CC(C)(c1ccccc1)c1ccc(CP(C(C)(C)C)C(C)(C)C)c(CP(c2cc[nH]c2)c2cc[nH]c2)c1. The fourth-order valence-corrected chi connectivity index (χ4v) is 11.3. The van der Waals surface area contributed by atoms with E-state index >= 15 is 0 Å². The number of aromatic nitrogens is 2. The molecule has 4 rings (SSSR count). The average molecular weight is 531 g/mol. The molecular formula is C33H44N2P2. The first-order valence-corrected chi connectivity index (χ1v) is 16.4. The van der Waals surface area contributed by atoms with Gasteiger partial charge in [-0.25, -0.2) is 0 Å². The third-order valence-corrected chi connectivity index (χ3v) is 13.8. The van der Waals surface area contributed by atoms with E-state index in [1.165, 1.54) is 32.9 Å². The summed E-state index contributed by atoms with van der Waals surface area (Å²) in [7, 11) is -0.745. The van der Waals surface area contributed by atoms with Gasteiger partial charge in [-0.1, -0.05) is 112 Å². The van der Waals surface area contributed by atoms with Gasteiger partial charge in [0.1, 0.15) is 0 Å². The summed E-state index contributed by atoms with van der Waals surface area (Å²) < 4.78 is 0. The highest BCUT2D eigenvalue weighted by Gasteiger charge is 2.35. The Kier molecular flexibility index (Phi) is 8.23. The summed E-state index contributed by atoms with van der Waals surface area (Å²) in [6.07, 6.45) is 10.7. The zero-order chi connectivity index (χ0) is 26.8. The average Bonchev–Trinajstić information content (AvgIpc) is 3.55. The highest BCUT2D eigenvalue weighted by atomic mass is 31.1. The molecule has 0 atom stereocenters. The van der Waals surface area contributed by atoms with Crippen molar-refractivity contribution >= 4 is 26.5 Å². The smallest absolute Gasteiger partial charge is 0.0146 e. The predicted molar refractivity (Wildman–Crippen MR) is 167 cm³/mol. The molecule has 4 heteroatoms. The van der Waals surface area contributed by atoms with Crippen LogP contribution in [-0.4, -0.2) is 20.3 Å². The van der Waals surface area contributed by atoms with Crippen molar-refractivity contribution < 1.29 is 0 Å². The third-order valence-electron chi connectivity index (χ3n) is 7.49. The molecule has 0 saturated carbocycles. The standard InChI is InChI=1S/C33H44N2P2/c1-31(2,3)37(32(4,5)6)24-25-14-15-28(33(7,8)27-12-10-9-11-13-27)20-26(25)23-36(29-16-18-34-21-29)30-17-19-35-22-30/h9-22,34-35H,23-24H2,1-8H3. The van der Waals surface area contributed by atoms with Crippen LogP contribution in [0.1, 0.15) is 77.6 Å². The number of hydrogen-bond donors (Lipinski definition) is 2. The van der Waals surface area contributed by atoms with Crippen LogP contribution in [0.3, 0.4) is 0 Å². The van der Waals surface area contributed by atoms with E-state index in [1.54, 1.807) is 0 Å². The third kappa shape index (κ3) is 6.47. The largest absolute Gasteiger partial charge is 0.367 e. The van der Waals surface area contributed by atoms with E-state index < -0.39 is 7.92 Å². The van der Waals surface area contributed by atoms with E-state index in [9.17, 15) is 0 Å². The van der Waals surface area contributed by atoms with Crippen LogP contribution >= 0.6 is 15.8 Å². The van der Waals surface area contributed by atoms with Gasteiger partial charge in [-0.3, -0.25) is 0 Å². The maximum absolute atomic E-state index is 3.31. The molecular weight excluding hydrogens is 486 g/mol. The van der Waals surface area contributed by atoms with Crippen molar-refractivity contribution in [1.29, 1.82) is 0 Å². The quantitative estimate of drug-likeness (QED) is 0.213. The van der Waals surface area contributed by atoms with Crippen LogP contribution in [-0.2, 0) is 17.7 Å². The molecule has 0 unspecified atom stereocenters. The van der Waals surface area contributed by atoms with Crippen molar-refractivity contribution in [1.82, 2.24) is 9.97 Å². The van der Waals surface area contributed by atoms with Crippen LogP contribution < -0.4 is 10.6 Å². The maximum atomic E-state index is 3.31. The predicted octanol–water partition coefficient (Wildman–Crippen LogP) is 8.88. The van der Waals surface area contributed by atoms with E-state index in [1.807, 2.05) is 0 Å². The summed E-state index contributed by atoms with van der Waals surface area (Å²) in [5, 5.41) is 3.39. The monoisotopic (exact) mass is 530 g/mol. The molecule has 0 spiro atoms. The van der Waals surface area contributed by atoms with Gasteiger partial charge in [-0.15, -0.1) is 0 Å². The molecule has 2 aromatic heterocycles. The second kappa shape index (κ2) is 10.9. The number of aromatic amines is 2. The Bertz CT molecular complexity index is 1210. The molecule has 2 nitrogen and oxygen atoms in total. The molecule has 4 aromatic rings. The zero-order valence-corrected chi connectivity index (χ0v) is 25.7. The second-order valence-corrected chi connectivity index (χ2v) is 18.7. The highest BCUT2D eigenvalue weighted by Crippen LogP contribution is 2.61. The number of rotatable bonds is 8. The van der Waals surface area contributed by atoms with Crippen LogP contribution in [0.4, 0.5) is 0 Å². The van der Waals surface area contributed by atoms with Gasteiger partial charge in [0.2, 0.25) is 0 Å². The first-order valence-electron chi connectivity index (χ1n) is 13.4. The van der Waals surface area contributed by atoms with Gasteiger partial charge in [0.25, 0.3) is 0 Å². The van der Waals surface area contributed by atoms with E-state index in [0.717, 1.165) is 12.3 Å². The first kappa shape index (κ1) is 27.9. The molecule has 0 saturated heterocycles. The van der Waals surface area contributed by atoms with E-state index in [4.69, 9.17) is 0 Å². The highest BCUT2D eigenvalue weighted by molar-refractivity contribution is 7.72. The van der Waals surface area contributed by atoms with Crippen LogP contribution in [0.25, 0.3) is 0 Å². The van der Waals surface area contributed by atoms with Gasteiger partial charge < -0.3 is 9.97 Å². The molecule has 2 aromatic carbocycles.